The first-order valence-electron chi connectivity index (χ1n) is 5.69. The second-order valence-corrected chi connectivity index (χ2v) is 6.67. The highest BCUT2D eigenvalue weighted by Crippen LogP contribution is 2.36. The molecule has 0 aliphatic carbocycles. The van der Waals surface area contributed by atoms with Gasteiger partial charge >= 0.3 is 0 Å². The zero-order valence-corrected chi connectivity index (χ0v) is 13.1. The van der Waals surface area contributed by atoms with Gasteiger partial charge in [0, 0.05) is 0 Å². The highest BCUT2D eigenvalue weighted by Gasteiger charge is 2.20. The molecule has 7 nitrogen and oxygen atoms in total. The number of hydrogen-bond acceptors (Lipinski definition) is 6. The first-order valence-corrected chi connectivity index (χ1v) is 7.93. The average Bonchev–Trinajstić information content (AvgIpc) is 2.44. The van der Waals surface area contributed by atoms with E-state index in [1.807, 2.05) is 0 Å². The highest BCUT2D eigenvalue weighted by molar-refractivity contribution is 7.92. The smallest absolute Gasteiger partial charge is 0.262 e. The zero-order valence-electron chi connectivity index (χ0n) is 10.7. The average molecular weight is 362 g/mol. The number of nitrogen functional groups attached to an aromatic ring is 1. The maximum atomic E-state index is 12.3. The quantitative estimate of drug-likeness (QED) is 0.568. The van der Waals surface area contributed by atoms with Crippen molar-refractivity contribution < 1.29 is 13.5 Å². The molecule has 0 aliphatic rings. The molecule has 0 saturated heterocycles. The number of rotatable bonds is 4. The number of aromatic hydroxyl groups is 1. The van der Waals surface area contributed by atoms with Gasteiger partial charge in [-0.05, 0) is 29.4 Å². The number of nitroso groups, excluding NO2 is 1. The summed E-state index contributed by atoms with van der Waals surface area (Å²) in [5, 5.41) is 11.7. The van der Waals surface area contributed by atoms with Crippen molar-refractivity contribution >= 4 is 50.3 Å². The third kappa shape index (κ3) is 3.08. The molecule has 0 heterocycles. The minimum atomic E-state index is -4.11. The molecule has 0 radical (unpaired) electrons. The van der Waals surface area contributed by atoms with Crippen molar-refractivity contribution in [3.05, 3.63) is 45.3 Å². The highest BCUT2D eigenvalue weighted by atomic mass is 35.5. The first kappa shape index (κ1) is 16.3. The van der Waals surface area contributed by atoms with Crippen LogP contribution in [0.1, 0.15) is 0 Å². The Balaban J connectivity index is 2.49. The lowest BCUT2D eigenvalue weighted by Crippen LogP contribution is -2.13. The van der Waals surface area contributed by atoms with Gasteiger partial charge in [0.15, 0.2) is 11.4 Å². The molecule has 0 unspecified atom stereocenters. The standard InChI is InChI=1S/C12H9Cl2N3O4S/c13-7-4-6(5-8(14)12(7)18)22(20,21)17-10-3-1-2-9(15)11(10)16-19/h1-5,17-18H,15H2. The van der Waals surface area contributed by atoms with Crippen molar-refractivity contribution in [1.82, 2.24) is 0 Å². The van der Waals surface area contributed by atoms with Crippen LogP contribution in [0.15, 0.2) is 40.4 Å². The third-order valence-corrected chi connectivity index (χ3v) is 4.62. The molecule has 0 bridgehead atoms. The Kier molecular flexibility index (Phi) is 4.45. The normalized spacial score (nSPS) is 11.2. The van der Waals surface area contributed by atoms with Gasteiger partial charge in [-0.3, -0.25) is 4.72 Å². The van der Waals surface area contributed by atoms with Crippen molar-refractivity contribution in [2.75, 3.05) is 10.5 Å². The van der Waals surface area contributed by atoms with Crippen molar-refractivity contribution in [2.24, 2.45) is 5.18 Å². The Morgan fingerprint density at radius 3 is 2.32 bits per heavy atom. The second kappa shape index (κ2) is 5.99. The fourth-order valence-corrected chi connectivity index (χ4v) is 3.38. The number of benzene rings is 2. The summed E-state index contributed by atoms with van der Waals surface area (Å²) in [5.74, 6) is -0.429. The van der Waals surface area contributed by atoms with E-state index in [1.165, 1.54) is 18.2 Å². The molecule has 22 heavy (non-hydrogen) atoms. The van der Waals surface area contributed by atoms with E-state index in [0.29, 0.717) is 0 Å². The van der Waals surface area contributed by atoms with E-state index in [-0.39, 0.29) is 32.0 Å². The summed E-state index contributed by atoms with van der Waals surface area (Å²) < 4.78 is 26.8. The summed E-state index contributed by atoms with van der Waals surface area (Å²) in [7, 11) is -4.11. The molecular formula is C12H9Cl2N3O4S. The van der Waals surface area contributed by atoms with Gasteiger partial charge in [-0.15, -0.1) is 4.91 Å². The van der Waals surface area contributed by atoms with Crippen LogP contribution in [0.5, 0.6) is 5.75 Å². The molecule has 0 fully saturated rings. The molecule has 0 amide bonds. The molecular weight excluding hydrogens is 353 g/mol. The molecule has 2 aromatic rings. The zero-order chi connectivity index (χ0) is 16.5. The predicted octanol–water partition coefficient (Wildman–Crippen LogP) is 3.48. The van der Waals surface area contributed by atoms with E-state index >= 15 is 0 Å². The molecule has 0 aromatic heterocycles. The number of nitrogens with one attached hydrogen (secondary N) is 1. The molecule has 2 rings (SSSR count). The Morgan fingerprint density at radius 2 is 1.77 bits per heavy atom. The van der Waals surface area contributed by atoms with Crippen LogP contribution in [0, 0.1) is 4.91 Å². The monoisotopic (exact) mass is 361 g/mol. The van der Waals surface area contributed by atoms with Crippen LogP contribution >= 0.6 is 23.2 Å². The number of anilines is 2. The second-order valence-electron chi connectivity index (χ2n) is 4.18. The number of phenolic OH excluding ortho intramolecular Hbond substituents is 1. The number of nitrogens with two attached hydrogens (primary N) is 1. The van der Waals surface area contributed by atoms with E-state index < -0.39 is 15.8 Å². The van der Waals surface area contributed by atoms with Crippen molar-refractivity contribution in [3.8, 4) is 5.75 Å². The minimum Gasteiger partial charge on any atom is -0.505 e. The summed E-state index contributed by atoms with van der Waals surface area (Å²) in [6.45, 7) is 0. The summed E-state index contributed by atoms with van der Waals surface area (Å²) in [6.07, 6.45) is 0. The largest absolute Gasteiger partial charge is 0.505 e. The van der Waals surface area contributed by atoms with Gasteiger partial charge in [-0.25, -0.2) is 8.42 Å². The summed E-state index contributed by atoms with van der Waals surface area (Å²) in [4.78, 5) is 10.5. The Labute approximate surface area is 135 Å². The van der Waals surface area contributed by atoms with Gasteiger partial charge in [0.2, 0.25) is 0 Å². The minimum absolute atomic E-state index is 0.0250. The lowest BCUT2D eigenvalue weighted by atomic mass is 10.2. The molecule has 0 aliphatic heterocycles. The topological polar surface area (TPSA) is 122 Å². The summed E-state index contributed by atoms with van der Waals surface area (Å²) >= 11 is 11.4. The van der Waals surface area contributed by atoms with Crippen molar-refractivity contribution in [1.29, 1.82) is 0 Å². The molecule has 0 spiro atoms. The Morgan fingerprint density at radius 1 is 1.18 bits per heavy atom. The number of phenols is 1. The molecule has 0 saturated carbocycles. The fraction of sp³-hybridized carbons (Fsp3) is 0. The van der Waals surface area contributed by atoms with Gasteiger partial charge in [0.25, 0.3) is 10.0 Å². The Bertz CT molecular complexity index is 832. The molecule has 4 N–H and O–H groups in total. The van der Waals surface area contributed by atoms with Gasteiger partial charge in [0.05, 0.1) is 26.3 Å². The summed E-state index contributed by atoms with van der Waals surface area (Å²) in [5.41, 5.74) is 5.26. The van der Waals surface area contributed by atoms with E-state index in [1.54, 1.807) is 0 Å². The predicted molar refractivity (Wildman–Crippen MR) is 85.2 cm³/mol. The molecule has 116 valence electrons. The van der Waals surface area contributed by atoms with E-state index in [2.05, 4.69) is 9.90 Å². The lowest BCUT2D eigenvalue weighted by Gasteiger charge is -2.11. The number of sulfonamides is 1. The molecule has 0 atom stereocenters. The van der Waals surface area contributed by atoms with Crippen LogP contribution < -0.4 is 10.5 Å². The van der Waals surface area contributed by atoms with Gasteiger partial charge < -0.3 is 10.8 Å². The van der Waals surface area contributed by atoms with Gasteiger partial charge in [-0.1, -0.05) is 29.3 Å². The third-order valence-electron chi connectivity index (χ3n) is 2.70. The maximum Gasteiger partial charge on any atom is 0.262 e. The first-order chi connectivity index (χ1) is 10.3. The molecule has 10 heteroatoms. The van der Waals surface area contributed by atoms with Crippen molar-refractivity contribution in [2.45, 2.75) is 4.90 Å². The van der Waals surface area contributed by atoms with E-state index in [9.17, 15) is 18.4 Å². The van der Waals surface area contributed by atoms with Crippen LogP contribution in [0.4, 0.5) is 17.1 Å². The fourth-order valence-electron chi connectivity index (χ4n) is 1.65. The number of halogens is 2. The molecule has 2 aromatic carbocycles. The van der Waals surface area contributed by atoms with E-state index in [4.69, 9.17) is 28.9 Å². The van der Waals surface area contributed by atoms with Crippen LogP contribution in [-0.4, -0.2) is 13.5 Å². The lowest BCUT2D eigenvalue weighted by molar-refractivity contribution is 0.475. The maximum absolute atomic E-state index is 12.3. The van der Waals surface area contributed by atoms with Gasteiger partial charge in [0.1, 0.15) is 0 Å². The van der Waals surface area contributed by atoms with Crippen LogP contribution in [0.3, 0.4) is 0 Å². The van der Waals surface area contributed by atoms with Crippen LogP contribution in [0.25, 0.3) is 0 Å². The van der Waals surface area contributed by atoms with Gasteiger partial charge in [-0.2, -0.15) is 0 Å². The Hall–Kier alpha value is -2.03. The van der Waals surface area contributed by atoms with Crippen LogP contribution in [-0.2, 0) is 10.0 Å². The SMILES string of the molecule is Nc1cccc(NS(=O)(=O)c2cc(Cl)c(O)c(Cl)c2)c1N=O. The summed E-state index contributed by atoms with van der Waals surface area (Å²) in [6, 6.07) is 6.23. The number of hydrogen-bond donors (Lipinski definition) is 3. The van der Waals surface area contributed by atoms with E-state index in [0.717, 1.165) is 12.1 Å². The number of nitrogens with zero attached hydrogens (tertiary/aromatic N) is 1. The van der Waals surface area contributed by atoms with Crippen molar-refractivity contribution in [3.63, 3.8) is 0 Å². The van der Waals surface area contributed by atoms with Crippen LogP contribution in [0.2, 0.25) is 10.0 Å².